The average molecular weight is 446 g/mol. The van der Waals surface area contributed by atoms with Gasteiger partial charge in [0.25, 0.3) is 5.56 Å². The SMILES string of the molecule is CC(C)Cn1nc(-c2ccc(CN)cc2)cc(CN2CCN(Cc3ccccc3)CC2)c1=O. The van der Waals surface area contributed by atoms with Gasteiger partial charge in [0.15, 0.2) is 0 Å². The maximum absolute atomic E-state index is 13.2. The van der Waals surface area contributed by atoms with E-state index in [0.29, 0.717) is 25.6 Å². The Morgan fingerprint density at radius 3 is 2.12 bits per heavy atom. The lowest BCUT2D eigenvalue weighted by atomic mass is 10.1. The molecule has 0 atom stereocenters. The number of nitrogens with two attached hydrogens (primary N) is 1. The summed E-state index contributed by atoms with van der Waals surface area (Å²) in [4.78, 5) is 18.1. The Morgan fingerprint density at radius 1 is 0.879 bits per heavy atom. The van der Waals surface area contributed by atoms with Crippen LogP contribution >= 0.6 is 0 Å². The van der Waals surface area contributed by atoms with Crippen LogP contribution in [0.1, 0.15) is 30.5 Å². The molecule has 174 valence electrons. The van der Waals surface area contributed by atoms with Crippen LogP contribution in [0.25, 0.3) is 11.3 Å². The molecule has 0 radical (unpaired) electrons. The largest absolute Gasteiger partial charge is 0.326 e. The van der Waals surface area contributed by atoms with Crippen molar-refractivity contribution in [1.29, 1.82) is 0 Å². The molecule has 2 N–H and O–H groups in total. The maximum atomic E-state index is 13.2. The lowest BCUT2D eigenvalue weighted by Gasteiger charge is -2.34. The highest BCUT2D eigenvalue weighted by Gasteiger charge is 2.20. The van der Waals surface area contributed by atoms with Crippen molar-refractivity contribution in [3.63, 3.8) is 0 Å². The van der Waals surface area contributed by atoms with Gasteiger partial charge in [-0.05, 0) is 23.1 Å². The number of hydrogen-bond donors (Lipinski definition) is 1. The van der Waals surface area contributed by atoms with Crippen molar-refractivity contribution in [2.45, 2.75) is 40.0 Å². The van der Waals surface area contributed by atoms with Crippen LogP contribution in [0.3, 0.4) is 0 Å². The second-order valence-corrected chi connectivity index (χ2v) is 9.37. The predicted octanol–water partition coefficient (Wildman–Crippen LogP) is 3.34. The van der Waals surface area contributed by atoms with E-state index in [4.69, 9.17) is 10.8 Å². The Balaban J connectivity index is 1.49. The summed E-state index contributed by atoms with van der Waals surface area (Å²) < 4.78 is 1.65. The molecule has 0 aliphatic carbocycles. The molecule has 1 aromatic heterocycles. The third-order valence-electron chi connectivity index (χ3n) is 6.18. The number of rotatable bonds is 8. The first-order chi connectivity index (χ1) is 16.0. The molecular formula is C27H35N5O. The van der Waals surface area contributed by atoms with Gasteiger partial charge in [0.05, 0.1) is 5.69 Å². The fourth-order valence-corrected chi connectivity index (χ4v) is 4.32. The molecule has 2 heterocycles. The zero-order valence-electron chi connectivity index (χ0n) is 19.8. The molecule has 3 aromatic rings. The first-order valence-corrected chi connectivity index (χ1v) is 11.9. The molecule has 1 fully saturated rings. The summed E-state index contributed by atoms with van der Waals surface area (Å²) in [5.74, 6) is 0.347. The minimum atomic E-state index is 0.0257. The topological polar surface area (TPSA) is 67.4 Å². The van der Waals surface area contributed by atoms with Gasteiger partial charge in [-0.3, -0.25) is 14.6 Å². The van der Waals surface area contributed by atoms with Gasteiger partial charge in [-0.15, -0.1) is 0 Å². The van der Waals surface area contributed by atoms with Crippen LogP contribution in [0.15, 0.2) is 65.5 Å². The maximum Gasteiger partial charge on any atom is 0.271 e. The minimum Gasteiger partial charge on any atom is -0.326 e. The summed E-state index contributed by atoms with van der Waals surface area (Å²) in [5, 5.41) is 4.70. The Bertz CT molecular complexity index is 1080. The average Bonchev–Trinajstić information content (AvgIpc) is 2.83. The molecule has 1 saturated heterocycles. The summed E-state index contributed by atoms with van der Waals surface area (Å²) in [6.07, 6.45) is 0. The molecule has 0 spiro atoms. The van der Waals surface area contributed by atoms with Crippen molar-refractivity contribution in [3.8, 4) is 11.3 Å². The van der Waals surface area contributed by atoms with E-state index in [0.717, 1.165) is 55.1 Å². The number of hydrogen-bond acceptors (Lipinski definition) is 5. The molecule has 0 bridgehead atoms. The quantitative estimate of drug-likeness (QED) is 0.576. The standard InChI is InChI=1S/C27H35N5O/c1-21(2)18-32-27(33)25(16-26(29-32)24-10-8-22(17-28)9-11-24)20-31-14-12-30(13-15-31)19-23-6-4-3-5-7-23/h3-11,16,21H,12-15,17-20,28H2,1-2H3. The summed E-state index contributed by atoms with van der Waals surface area (Å²) in [6.45, 7) is 10.9. The molecule has 0 amide bonds. The van der Waals surface area contributed by atoms with E-state index >= 15 is 0 Å². The summed E-state index contributed by atoms with van der Waals surface area (Å²) in [6, 6.07) is 20.7. The van der Waals surface area contributed by atoms with Crippen molar-refractivity contribution in [2.75, 3.05) is 26.2 Å². The Kier molecular flexibility index (Phi) is 7.70. The van der Waals surface area contributed by atoms with Crippen molar-refractivity contribution >= 4 is 0 Å². The second kappa shape index (κ2) is 10.9. The van der Waals surface area contributed by atoms with Crippen LogP contribution in [-0.2, 0) is 26.2 Å². The smallest absolute Gasteiger partial charge is 0.271 e. The van der Waals surface area contributed by atoms with Crippen molar-refractivity contribution in [2.24, 2.45) is 11.7 Å². The van der Waals surface area contributed by atoms with E-state index in [9.17, 15) is 4.79 Å². The number of benzene rings is 2. The van der Waals surface area contributed by atoms with Crippen molar-refractivity contribution < 1.29 is 0 Å². The van der Waals surface area contributed by atoms with Gasteiger partial charge >= 0.3 is 0 Å². The molecule has 1 aliphatic heterocycles. The number of nitrogens with zero attached hydrogens (tertiary/aromatic N) is 4. The zero-order chi connectivity index (χ0) is 23.2. The summed E-state index contributed by atoms with van der Waals surface area (Å²) in [7, 11) is 0. The molecule has 4 rings (SSSR count). The van der Waals surface area contributed by atoms with Crippen LogP contribution in [0.5, 0.6) is 0 Å². The number of piperazine rings is 1. The van der Waals surface area contributed by atoms with E-state index in [2.05, 4.69) is 54.0 Å². The van der Waals surface area contributed by atoms with E-state index in [1.165, 1.54) is 5.56 Å². The normalized spacial score (nSPS) is 15.3. The van der Waals surface area contributed by atoms with Crippen LogP contribution in [0.2, 0.25) is 0 Å². The van der Waals surface area contributed by atoms with Crippen LogP contribution in [-0.4, -0.2) is 45.8 Å². The summed E-state index contributed by atoms with van der Waals surface area (Å²) in [5.41, 5.74) is 10.9. The fraction of sp³-hybridized carbons (Fsp3) is 0.407. The predicted molar refractivity (Wildman–Crippen MR) is 134 cm³/mol. The number of aromatic nitrogens is 2. The first-order valence-electron chi connectivity index (χ1n) is 11.9. The minimum absolute atomic E-state index is 0.0257. The van der Waals surface area contributed by atoms with Gasteiger partial charge < -0.3 is 5.73 Å². The highest BCUT2D eigenvalue weighted by Crippen LogP contribution is 2.19. The van der Waals surface area contributed by atoms with Crippen LogP contribution in [0, 0.1) is 5.92 Å². The van der Waals surface area contributed by atoms with E-state index in [1.54, 1.807) is 4.68 Å². The van der Waals surface area contributed by atoms with Gasteiger partial charge in [0, 0.05) is 63.5 Å². The highest BCUT2D eigenvalue weighted by atomic mass is 16.1. The van der Waals surface area contributed by atoms with Gasteiger partial charge in [-0.2, -0.15) is 5.10 Å². The van der Waals surface area contributed by atoms with Gasteiger partial charge in [-0.25, -0.2) is 4.68 Å². The molecule has 2 aromatic carbocycles. The monoisotopic (exact) mass is 445 g/mol. The van der Waals surface area contributed by atoms with Crippen LogP contribution in [0.4, 0.5) is 0 Å². The Hall–Kier alpha value is -2.80. The third kappa shape index (κ3) is 6.16. The van der Waals surface area contributed by atoms with E-state index < -0.39 is 0 Å². The molecule has 6 nitrogen and oxygen atoms in total. The molecule has 0 saturated carbocycles. The second-order valence-electron chi connectivity index (χ2n) is 9.37. The Labute approximate surface area is 196 Å². The third-order valence-corrected chi connectivity index (χ3v) is 6.18. The zero-order valence-corrected chi connectivity index (χ0v) is 19.8. The van der Waals surface area contributed by atoms with E-state index in [-0.39, 0.29) is 5.56 Å². The van der Waals surface area contributed by atoms with Gasteiger partial charge in [0.1, 0.15) is 0 Å². The molecular weight excluding hydrogens is 410 g/mol. The van der Waals surface area contributed by atoms with E-state index in [1.807, 2.05) is 30.3 Å². The van der Waals surface area contributed by atoms with Gasteiger partial charge in [-0.1, -0.05) is 68.4 Å². The first kappa shape index (κ1) is 23.4. The molecule has 33 heavy (non-hydrogen) atoms. The lowest BCUT2D eigenvalue weighted by Crippen LogP contribution is -2.46. The van der Waals surface area contributed by atoms with Crippen LogP contribution < -0.4 is 11.3 Å². The molecule has 1 aliphatic rings. The lowest BCUT2D eigenvalue weighted by molar-refractivity contribution is 0.121. The fourth-order valence-electron chi connectivity index (χ4n) is 4.32. The molecule has 0 unspecified atom stereocenters. The highest BCUT2D eigenvalue weighted by molar-refractivity contribution is 5.59. The van der Waals surface area contributed by atoms with Crippen molar-refractivity contribution in [1.82, 2.24) is 19.6 Å². The Morgan fingerprint density at radius 2 is 1.52 bits per heavy atom. The molecule has 6 heteroatoms. The summed E-state index contributed by atoms with van der Waals surface area (Å²) >= 11 is 0. The van der Waals surface area contributed by atoms with Gasteiger partial charge in [0.2, 0.25) is 0 Å². The van der Waals surface area contributed by atoms with Crippen molar-refractivity contribution in [3.05, 3.63) is 87.7 Å².